The largest absolute Gasteiger partial charge is 0.363 e. The summed E-state index contributed by atoms with van der Waals surface area (Å²) in [5.41, 5.74) is 6.26. The summed E-state index contributed by atoms with van der Waals surface area (Å²) < 4.78 is 46.5. The number of nitrogens with one attached hydrogen (secondary N) is 12. The van der Waals surface area contributed by atoms with Gasteiger partial charge in [0.15, 0.2) is 0 Å². The summed E-state index contributed by atoms with van der Waals surface area (Å²) in [7, 11) is 16.9. The number of aromatic nitrogens is 8. The topological polar surface area (TPSA) is 414 Å². The third kappa shape index (κ3) is 23.4. The van der Waals surface area contributed by atoms with Crippen LogP contribution in [0.15, 0.2) is 205 Å². The maximum atomic E-state index is 13.8. The van der Waals surface area contributed by atoms with Gasteiger partial charge in [0.05, 0.1) is 47.8 Å². The molecule has 8 aromatic carbocycles. The molecule has 0 aliphatic rings. The van der Waals surface area contributed by atoms with E-state index in [0.717, 1.165) is 28.2 Å². The standard InChI is InChI=1S/C22H20ClN7O2.C21H20ClFN6O2.C21H20F2N6O2.C20H18BrN5O2/c1-25-18-11-15(23)9-10-17(18)27-22(32)16-12-26-30(4)20(16)28-21(31)14-7-5-13(6-8-14)19(24)29(2)3;1-28(2)18(24)12-4-6-13(7-5-12)20(30)27-19-15(11-25-29(19)3)21(31)26-17-9-8-14(23)10-16(17)22;1-28(2)18(24)12-4-6-13(7-5-12)20(30)27-19-15(11-25-29(19)3)21(31)26-17-9-8-14(22)10-16(17)23;1-12(22)13-3-5-14(6-4-13)19(27)25-18-17(11-23-26(18)2)20(28)24-16-9-7-15(21)8-10-16/h5-12,24H,2-4H3,(H,27,32)(H,28,31);2*4-11,24H,1-3H3,(H,26,31)(H,27,30);3-11,22H,1-2H3,(H,24,28)(H,25,27). The molecular formula is C84H78BrCl2F3N24O8. The van der Waals surface area contributed by atoms with Gasteiger partial charge in [-0.1, -0.05) is 87.7 Å². The normalized spacial score (nSPS) is 10.4. The van der Waals surface area contributed by atoms with E-state index in [1.54, 1.807) is 200 Å². The molecule has 0 radical (unpaired) electrons. The van der Waals surface area contributed by atoms with Gasteiger partial charge in [-0.05, 0) is 134 Å². The third-order valence-electron chi connectivity index (χ3n) is 17.6. The molecule has 0 saturated heterocycles. The molecule has 12 rings (SSSR count). The molecular weight excluding hydrogens is 1680 g/mol. The maximum absolute atomic E-state index is 13.8. The predicted octanol–water partition coefficient (Wildman–Crippen LogP) is 14.8. The molecule has 0 aliphatic carbocycles. The summed E-state index contributed by atoms with van der Waals surface area (Å²) in [6.45, 7) is 8.94. The molecule has 0 atom stereocenters. The van der Waals surface area contributed by atoms with E-state index in [1.165, 1.54) is 74.8 Å². The lowest BCUT2D eigenvalue weighted by Crippen LogP contribution is -2.22. The van der Waals surface area contributed by atoms with Gasteiger partial charge in [0.1, 0.15) is 80.5 Å². The van der Waals surface area contributed by atoms with Gasteiger partial charge < -0.3 is 62.6 Å². The minimum absolute atomic E-state index is 0.00517. The van der Waals surface area contributed by atoms with Crippen LogP contribution in [0.5, 0.6) is 0 Å². The third-order valence-corrected chi connectivity index (χ3v) is 18.7. The Balaban J connectivity index is 0.000000185. The zero-order valence-electron chi connectivity index (χ0n) is 67.0. The molecule has 0 unspecified atom stereocenters. The molecule has 4 aromatic heterocycles. The first kappa shape index (κ1) is 90.7. The minimum Gasteiger partial charge on any atom is -0.363 e. The smallest absolute Gasteiger partial charge is 0.261 e. The second-order valence-corrected chi connectivity index (χ2v) is 28.7. The second-order valence-electron chi connectivity index (χ2n) is 26.9. The summed E-state index contributed by atoms with van der Waals surface area (Å²) in [4.78, 5) is 110. The summed E-state index contributed by atoms with van der Waals surface area (Å²) in [5, 5.41) is 69.3. The van der Waals surface area contributed by atoms with Crippen LogP contribution in [-0.4, -0.2) is 167 Å². The molecule has 38 heteroatoms. The molecule has 12 aromatic rings. The Bertz CT molecular complexity index is 5880. The van der Waals surface area contributed by atoms with Crippen LogP contribution in [0, 0.1) is 45.7 Å². The lowest BCUT2D eigenvalue weighted by atomic mass is 10.1. The first-order valence-corrected chi connectivity index (χ1v) is 37.6. The van der Waals surface area contributed by atoms with Crippen LogP contribution in [0.3, 0.4) is 0 Å². The van der Waals surface area contributed by atoms with Gasteiger partial charge in [0.2, 0.25) is 5.69 Å². The van der Waals surface area contributed by atoms with Crippen LogP contribution in [0.25, 0.3) is 4.85 Å². The molecule has 0 spiro atoms. The highest BCUT2D eigenvalue weighted by Crippen LogP contribution is 2.31. The minimum atomic E-state index is -0.925. The van der Waals surface area contributed by atoms with E-state index in [1.807, 2.05) is 12.1 Å². The second kappa shape index (κ2) is 40.8. The van der Waals surface area contributed by atoms with E-state index in [2.05, 4.69) is 83.7 Å². The monoisotopic (exact) mass is 1760 g/mol. The highest BCUT2D eigenvalue weighted by Gasteiger charge is 2.26. The molecule has 0 saturated carbocycles. The zero-order valence-corrected chi connectivity index (χ0v) is 70.1. The van der Waals surface area contributed by atoms with Crippen molar-refractivity contribution in [2.24, 2.45) is 28.2 Å². The van der Waals surface area contributed by atoms with Crippen molar-refractivity contribution >= 4 is 161 Å². The molecule has 4 heterocycles. The number of anilines is 8. The number of rotatable bonds is 20. The Morgan fingerprint density at radius 2 is 0.672 bits per heavy atom. The number of amidine groups is 3. The molecule has 624 valence electrons. The van der Waals surface area contributed by atoms with Crippen LogP contribution in [-0.2, 0) is 28.2 Å². The number of aryl methyl sites for hydroxylation is 4. The Labute approximate surface area is 715 Å². The zero-order chi connectivity index (χ0) is 89.1. The number of hydrogen-bond donors (Lipinski definition) is 12. The highest BCUT2D eigenvalue weighted by atomic mass is 79.9. The summed E-state index contributed by atoms with van der Waals surface area (Å²) in [5.74, 6) is -4.41. The highest BCUT2D eigenvalue weighted by molar-refractivity contribution is 9.10. The fourth-order valence-electron chi connectivity index (χ4n) is 10.9. The van der Waals surface area contributed by atoms with Gasteiger partial charge in [-0.25, -0.2) is 18.0 Å². The molecule has 12 N–H and O–H groups in total. The van der Waals surface area contributed by atoms with E-state index in [4.69, 9.17) is 51.4 Å². The Morgan fingerprint density at radius 3 is 0.992 bits per heavy atom. The van der Waals surface area contributed by atoms with Gasteiger partial charge in [0.25, 0.3) is 47.3 Å². The fourth-order valence-corrected chi connectivity index (χ4v) is 11.5. The first-order valence-electron chi connectivity index (χ1n) is 36.1. The Morgan fingerprint density at radius 1 is 0.377 bits per heavy atom. The average molecular weight is 1760 g/mol. The number of amides is 8. The van der Waals surface area contributed by atoms with E-state index in [-0.39, 0.29) is 73.6 Å². The molecule has 0 fully saturated rings. The van der Waals surface area contributed by atoms with E-state index in [0.29, 0.717) is 90.4 Å². The molecule has 0 bridgehead atoms. The van der Waals surface area contributed by atoms with Crippen molar-refractivity contribution in [1.82, 2.24) is 53.8 Å². The lowest BCUT2D eigenvalue weighted by molar-refractivity contribution is 0.101. The summed E-state index contributed by atoms with van der Waals surface area (Å²) in [6, 6.07) is 44.3. The van der Waals surface area contributed by atoms with Crippen LogP contribution >= 0.6 is 39.1 Å². The van der Waals surface area contributed by atoms with Gasteiger partial charge in [-0.15, -0.1) is 0 Å². The van der Waals surface area contributed by atoms with Gasteiger partial charge in [-0.2, -0.15) is 20.4 Å². The van der Waals surface area contributed by atoms with Gasteiger partial charge in [0, 0.05) is 142 Å². The molecule has 122 heavy (non-hydrogen) atoms. The maximum Gasteiger partial charge on any atom is 0.261 e. The number of nitrogens with zero attached hydrogens (tertiary/aromatic N) is 12. The summed E-state index contributed by atoms with van der Waals surface area (Å²) in [6.07, 6.45) is 5.28. The van der Waals surface area contributed by atoms with E-state index in [9.17, 15) is 51.5 Å². The van der Waals surface area contributed by atoms with Crippen LogP contribution in [0.2, 0.25) is 10.0 Å². The van der Waals surface area contributed by atoms with Crippen molar-refractivity contribution in [2.75, 3.05) is 84.8 Å². The predicted molar refractivity (Wildman–Crippen MR) is 466 cm³/mol. The average Bonchev–Trinajstić information content (AvgIpc) is 1.67. The molecule has 0 aliphatic heterocycles. The van der Waals surface area contributed by atoms with Crippen molar-refractivity contribution in [3.8, 4) is 0 Å². The quantitative estimate of drug-likeness (QED) is 0.0192. The Hall–Kier alpha value is -15.2. The van der Waals surface area contributed by atoms with Crippen molar-refractivity contribution < 1.29 is 51.5 Å². The van der Waals surface area contributed by atoms with Gasteiger partial charge in [-0.3, -0.25) is 73.3 Å². The first-order chi connectivity index (χ1) is 57.9. The number of carbonyl (C=O) groups is 8. The van der Waals surface area contributed by atoms with Crippen LogP contribution in [0.4, 0.5) is 64.9 Å². The summed E-state index contributed by atoms with van der Waals surface area (Å²) >= 11 is 15.2. The number of halogens is 6. The molecule has 32 nitrogen and oxygen atoms in total. The molecule has 8 amide bonds. The fraction of sp³-hybridized carbons (Fsp3) is 0.131. The van der Waals surface area contributed by atoms with Crippen molar-refractivity contribution in [1.29, 1.82) is 21.6 Å². The number of carbonyl (C=O) groups excluding carboxylic acids is 8. The van der Waals surface area contributed by atoms with Crippen LogP contribution in [0.1, 0.15) is 112 Å². The van der Waals surface area contributed by atoms with Gasteiger partial charge >= 0.3 is 0 Å². The number of benzene rings is 8. The van der Waals surface area contributed by atoms with Crippen molar-refractivity contribution in [3.63, 3.8) is 0 Å². The number of hydrogen-bond acceptors (Lipinski definition) is 16. The van der Waals surface area contributed by atoms with Crippen LogP contribution < -0.4 is 42.5 Å². The van der Waals surface area contributed by atoms with E-state index >= 15 is 0 Å². The van der Waals surface area contributed by atoms with Crippen molar-refractivity contribution in [3.05, 3.63) is 311 Å². The lowest BCUT2D eigenvalue weighted by Gasteiger charge is -2.14. The van der Waals surface area contributed by atoms with Crippen molar-refractivity contribution in [2.45, 2.75) is 6.92 Å². The SMILES string of the molecule is CC(=N)c1ccc(C(=O)Nc2c(C(=O)Nc3ccc(Br)cc3)cnn2C)cc1.CN(C)C(=N)c1ccc(C(=O)Nc2c(C(=O)Nc3ccc(F)cc3Cl)cnn2C)cc1.CN(C)C(=N)c1ccc(C(=O)Nc2c(C(=O)Nc3ccc(F)cc3F)cnn2C)cc1.[C-]#[N+]c1cc(Cl)ccc1NC(=O)c1cnn(C)c1NC(=O)c1ccc(C(=N)N(C)C)cc1. The van der Waals surface area contributed by atoms with E-state index < -0.39 is 52.9 Å². The Kier molecular flexibility index (Phi) is 30.3.